The minimum Gasteiger partial charge on any atom is -0.481 e. The van der Waals surface area contributed by atoms with Crippen LogP contribution < -0.4 is 10.5 Å². The zero-order chi connectivity index (χ0) is 14.8. The lowest BCUT2D eigenvalue weighted by molar-refractivity contribution is -0.274. The molecule has 0 fully saturated rings. The number of nitrogen functional groups attached to an aromatic ring is 1. The molecule has 0 aliphatic rings. The van der Waals surface area contributed by atoms with Crippen LogP contribution in [0, 0.1) is 0 Å². The molecule has 0 saturated heterocycles. The summed E-state index contributed by atoms with van der Waals surface area (Å²) in [5, 5.41) is 9.22. The topological polar surface area (TPSA) is 72.5 Å². The molecular formula is C12H14F3NO3. The second-order valence-corrected chi connectivity index (χ2v) is 4.26. The molecule has 0 aromatic heterocycles. The quantitative estimate of drug-likeness (QED) is 0.830. The number of para-hydroxylation sites is 1. The molecule has 4 nitrogen and oxygen atoms in total. The van der Waals surface area contributed by atoms with Crippen LogP contribution in [0.15, 0.2) is 18.2 Å². The minimum atomic E-state index is -4.88. The highest BCUT2D eigenvalue weighted by molar-refractivity contribution is 5.84. The average molecular weight is 277 g/mol. The van der Waals surface area contributed by atoms with Crippen molar-refractivity contribution in [3.05, 3.63) is 23.8 Å². The van der Waals surface area contributed by atoms with E-state index in [9.17, 15) is 23.1 Å². The van der Waals surface area contributed by atoms with Crippen molar-refractivity contribution in [2.24, 2.45) is 0 Å². The minimum absolute atomic E-state index is 0.101. The molecule has 0 heterocycles. The van der Waals surface area contributed by atoms with E-state index in [1.54, 1.807) is 6.92 Å². The van der Waals surface area contributed by atoms with Crippen LogP contribution in [0.4, 0.5) is 18.9 Å². The Labute approximate surface area is 108 Å². The molecule has 1 rings (SSSR count). The molecule has 0 spiro atoms. The van der Waals surface area contributed by atoms with E-state index >= 15 is 0 Å². The molecule has 3 N–H and O–H groups in total. The number of carboxylic acid groups (broad SMARTS) is 1. The summed E-state index contributed by atoms with van der Waals surface area (Å²) < 4.78 is 40.4. The van der Waals surface area contributed by atoms with Gasteiger partial charge in [-0.1, -0.05) is 19.1 Å². The summed E-state index contributed by atoms with van der Waals surface area (Å²) in [6, 6.07) is 3.71. The summed E-state index contributed by atoms with van der Waals surface area (Å²) in [6.45, 7) is 3.02. The van der Waals surface area contributed by atoms with E-state index in [-0.39, 0.29) is 17.7 Å². The molecule has 0 radical (unpaired) electrons. The number of aliphatic carboxylic acids is 1. The van der Waals surface area contributed by atoms with E-state index in [0.717, 1.165) is 6.07 Å². The molecule has 0 saturated carbocycles. The van der Waals surface area contributed by atoms with E-state index in [1.807, 2.05) is 0 Å². The Morgan fingerprint density at radius 3 is 2.42 bits per heavy atom. The van der Waals surface area contributed by atoms with Gasteiger partial charge in [-0.15, -0.1) is 13.2 Å². The van der Waals surface area contributed by atoms with Crippen LogP contribution in [-0.4, -0.2) is 17.4 Å². The van der Waals surface area contributed by atoms with Gasteiger partial charge in [0.15, 0.2) is 5.75 Å². The largest absolute Gasteiger partial charge is 0.573 e. The molecule has 1 atom stereocenters. The van der Waals surface area contributed by atoms with Gasteiger partial charge in [0, 0.05) is 0 Å². The number of halogens is 3. The lowest BCUT2D eigenvalue weighted by Gasteiger charge is -2.26. The first-order valence-corrected chi connectivity index (χ1v) is 5.50. The van der Waals surface area contributed by atoms with Gasteiger partial charge in [0.25, 0.3) is 0 Å². The number of benzene rings is 1. The van der Waals surface area contributed by atoms with Crippen LogP contribution in [0.2, 0.25) is 0 Å². The number of hydrogen-bond acceptors (Lipinski definition) is 3. The summed E-state index contributed by atoms with van der Waals surface area (Å²) in [6.07, 6.45) is -4.69. The molecular weight excluding hydrogens is 263 g/mol. The summed E-state index contributed by atoms with van der Waals surface area (Å²) in [4.78, 5) is 11.3. The van der Waals surface area contributed by atoms with Crippen molar-refractivity contribution in [3.63, 3.8) is 0 Å². The fourth-order valence-electron chi connectivity index (χ4n) is 1.70. The molecule has 1 unspecified atom stereocenters. The molecule has 1 aromatic carbocycles. The van der Waals surface area contributed by atoms with Crippen molar-refractivity contribution in [1.29, 1.82) is 0 Å². The summed E-state index contributed by atoms with van der Waals surface area (Å²) in [5.41, 5.74) is 4.02. The van der Waals surface area contributed by atoms with Crippen LogP contribution in [0.1, 0.15) is 25.8 Å². The number of carbonyl (C=O) groups is 1. The highest BCUT2D eigenvalue weighted by Crippen LogP contribution is 2.38. The van der Waals surface area contributed by atoms with Crippen molar-refractivity contribution in [2.45, 2.75) is 32.0 Å². The van der Waals surface area contributed by atoms with Crippen LogP contribution in [-0.2, 0) is 10.2 Å². The molecule has 0 amide bonds. The highest BCUT2D eigenvalue weighted by atomic mass is 19.4. The molecule has 0 aliphatic heterocycles. The Morgan fingerprint density at radius 1 is 1.42 bits per heavy atom. The van der Waals surface area contributed by atoms with E-state index in [0.29, 0.717) is 0 Å². The van der Waals surface area contributed by atoms with E-state index in [2.05, 4.69) is 4.74 Å². The van der Waals surface area contributed by atoms with Gasteiger partial charge in [-0.05, 0) is 25.0 Å². The predicted octanol–water partition coefficient (Wildman–Crippen LogP) is 2.92. The van der Waals surface area contributed by atoms with Gasteiger partial charge < -0.3 is 15.6 Å². The fraction of sp³-hybridized carbons (Fsp3) is 0.417. The third kappa shape index (κ3) is 3.10. The van der Waals surface area contributed by atoms with E-state index < -0.39 is 23.5 Å². The Balaban J connectivity index is 3.32. The van der Waals surface area contributed by atoms with Crippen LogP contribution in [0.25, 0.3) is 0 Å². The maximum Gasteiger partial charge on any atom is 0.573 e. The monoisotopic (exact) mass is 277 g/mol. The van der Waals surface area contributed by atoms with Crippen LogP contribution in [0.5, 0.6) is 5.75 Å². The highest BCUT2D eigenvalue weighted by Gasteiger charge is 2.37. The fourth-order valence-corrected chi connectivity index (χ4v) is 1.70. The summed E-state index contributed by atoms with van der Waals surface area (Å²) in [7, 11) is 0. The zero-order valence-corrected chi connectivity index (χ0v) is 10.4. The van der Waals surface area contributed by atoms with E-state index in [1.165, 1.54) is 19.1 Å². The van der Waals surface area contributed by atoms with Crippen molar-refractivity contribution in [3.8, 4) is 5.75 Å². The normalized spacial score (nSPS) is 14.8. The third-order valence-corrected chi connectivity index (χ3v) is 3.07. The molecule has 1 aromatic rings. The van der Waals surface area contributed by atoms with Crippen molar-refractivity contribution in [1.82, 2.24) is 0 Å². The van der Waals surface area contributed by atoms with Gasteiger partial charge >= 0.3 is 12.3 Å². The number of hydrogen-bond donors (Lipinski definition) is 2. The second kappa shape index (κ2) is 4.99. The number of alkyl halides is 3. The maximum absolute atomic E-state index is 12.2. The lowest BCUT2D eigenvalue weighted by Crippen LogP contribution is -2.32. The van der Waals surface area contributed by atoms with Gasteiger partial charge in [0.2, 0.25) is 0 Å². The molecule has 106 valence electrons. The first kappa shape index (κ1) is 15.1. The predicted molar refractivity (Wildman–Crippen MR) is 62.8 cm³/mol. The van der Waals surface area contributed by atoms with Crippen LogP contribution >= 0.6 is 0 Å². The van der Waals surface area contributed by atoms with Gasteiger partial charge in [-0.2, -0.15) is 0 Å². The average Bonchev–Trinajstić information content (AvgIpc) is 2.29. The van der Waals surface area contributed by atoms with Gasteiger partial charge in [-0.3, -0.25) is 4.79 Å². The Hall–Kier alpha value is -1.92. The SMILES string of the molecule is CCC(C)(C(=O)O)c1cccc(OC(F)(F)F)c1N. The second-order valence-electron chi connectivity index (χ2n) is 4.26. The van der Waals surface area contributed by atoms with Crippen molar-refractivity contribution >= 4 is 11.7 Å². The number of nitrogens with two attached hydrogens (primary N) is 1. The Kier molecular flexibility index (Phi) is 3.97. The molecule has 0 bridgehead atoms. The Morgan fingerprint density at radius 2 is 2.00 bits per heavy atom. The lowest BCUT2D eigenvalue weighted by atomic mass is 9.79. The number of anilines is 1. The zero-order valence-electron chi connectivity index (χ0n) is 10.4. The molecule has 19 heavy (non-hydrogen) atoms. The van der Waals surface area contributed by atoms with E-state index in [4.69, 9.17) is 5.73 Å². The van der Waals surface area contributed by atoms with Crippen molar-refractivity contribution < 1.29 is 27.8 Å². The maximum atomic E-state index is 12.2. The van der Waals surface area contributed by atoms with Crippen LogP contribution in [0.3, 0.4) is 0 Å². The summed E-state index contributed by atoms with van der Waals surface area (Å²) >= 11 is 0. The van der Waals surface area contributed by atoms with Crippen molar-refractivity contribution in [2.75, 3.05) is 5.73 Å². The molecule has 7 heteroatoms. The number of ether oxygens (including phenoxy) is 1. The Bertz CT molecular complexity index is 488. The first-order chi connectivity index (χ1) is 8.62. The number of carboxylic acids is 1. The van der Waals surface area contributed by atoms with Gasteiger partial charge in [0.05, 0.1) is 11.1 Å². The third-order valence-electron chi connectivity index (χ3n) is 3.07. The summed E-state index contributed by atoms with van der Waals surface area (Å²) in [5.74, 6) is -1.75. The van der Waals surface area contributed by atoms with Gasteiger partial charge in [0.1, 0.15) is 0 Å². The number of rotatable bonds is 4. The smallest absolute Gasteiger partial charge is 0.481 e. The standard InChI is InChI=1S/C12H14F3NO3/c1-3-11(2,10(17)18)7-5-4-6-8(9(7)16)19-12(13,14)15/h4-6H,3,16H2,1-2H3,(H,17,18). The first-order valence-electron chi connectivity index (χ1n) is 5.50. The van der Waals surface area contributed by atoms with Gasteiger partial charge in [-0.25, -0.2) is 0 Å². The molecule has 0 aliphatic carbocycles.